The van der Waals surface area contributed by atoms with Crippen molar-refractivity contribution in [3.05, 3.63) is 58.4 Å². The molecule has 0 bridgehead atoms. The van der Waals surface area contributed by atoms with Gasteiger partial charge >= 0.3 is 0 Å². The second-order valence-corrected chi connectivity index (χ2v) is 6.41. The van der Waals surface area contributed by atoms with Gasteiger partial charge in [-0.1, -0.05) is 17.7 Å². The minimum Gasteiger partial charge on any atom is -0.323 e. The normalized spacial score (nSPS) is 16.9. The molecule has 2 aromatic carbocycles. The van der Waals surface area contributed by atoms with Gasteiger partial charge in [-0.05, 0) is 36.8 Å². The van der Waals surface area contributed by atoms with Gasteiger partial charge in [0, 0.05) is 23.7 Å². The third-order valence-corrected chi connectivity index (χ3v) is 4.73. The molecule has 2 amide bonds. The molecule has 26 heavy (non-hydrogen) atoms. The Labute approximate surface area is 152 Å². The Morgan fingerprint density at radius 1 is 1.19 bits per heavy atom. The molecule has 1 aliphatic rings. The smallest absolute Gasteiger partial charge is 0.229 e. The summed E-state index contributed by atoms with van der Waals surface area (Å²) in [7, 11) is 0. The molecule has 1 atom stereocenters. The summed E-state index contributed by atoms with van der Waals surface area (Å²) in [5.74, 6) is -6.18. The molecule has 136 valence electrons. The van der Waals surface area contributed by atoms with E-state index in [1.165, 1.54) is 4.90 Å². The molecule has 0 aromatic heterocycles. The first kappa shape index (κ1) is 18.3. The maximum absolute atomic E-state index is 13.7. The largest absolute Gasteiger partial charge is 0.323 e. The van der Waals surface area contributed by atoms with Gasteiger partial charge in [0.1, 0.15) is 0 Å². The van der Waals surface area contributed by atoms with E-state index in [0.29, 0.717) is 16.3 Å². The van der Waals surface area contributed by atoms with Crippen LogP contribution in [0, 0.1) is 30.3 Å². The zero-order valence-electron chi connectivity index (χ0n) is 13.7. The SMILES string of the molecule is Cc1c(Cl)cccc1N1CC(C(=O)Nc2ccc(F)c(F)c2F)CC1=O. The molecular formula is C18H14ClF3N2O2. The number of carbonyl (C=O) groups is 2. The van der Waals surface area contributed by atoms with Crippen LogP contribution in [0.15, 0.2) is 30.3 Å². The maximum Gasteiger partial charge on any atom is 0.229 e. The number of nitrogens with zero attached hydrogens (tertiary/aromatic N) is 1. The summed E-state index contributed by atoms with van der Waals surface area (Å²) in [6.07, 6.45) is -0.0803. The molecule has 1 saturated heterocycles. The standard InChI is InChI=1S/C18H14ClF3N2O2/c1-9-11(19)3-2-4-14(9)24-8-10(7-15(24)25)18(26)23-13-6-5-12(20)16(21)17(13)22/h2-6,10H,7-8H2,1H3,(H,23,26). The first-order valence-electron chi connectivity index (χ1n) is 7.79. The van der Waals surface area contributed by atoms with Crippen molar-refractivity contribution < 1.29 is 22.8 Å². The second kappa shape index (κ2) is 6.99. The Balaban J connectivity index is 1.77. The van der Waals surface area contributed by atoms with Gasteiger partial charge in [0.25, 0.3) is 0 Å². The quantitative estimate of drug-likeness (QED) is 0.814. The number of benzene rings is 2. The lowest BCUT2D eigenvalue weighted by Gasteiger charge is -2.19. The van der Waals surface area contributed by atoms with Crippen LogP contribution in [0.3, 0.4) is 0 Å². The summed E-state index contributed by atoms with van der Waals surface area (Å²) >= 11 is 6.07. The fraction of sp³-hybridized carbons (Fsp3) is 0.222. The summed E-state index contributed by atoms with van der Waals surface area (Å²) in [5, 5.41) is 2.71. The Morgan fingerprint density at radius 2 is 1.92 bits per heavy atom. The average molecular weight is 383 g/mol. The Hall–Kier alpha value is -2.54. The molecule has 2 aromatic rings. The molecule has 8 heteroatoms. The van der Waals surface area contributed by atoms with Crippen LogP contribution in [-0.4, -0.2) is 18.4 Å². The lowest BCUT2D eigenvalue weighted by atomic mass is 10.1. The van der Waals surface area contributed by atoms with Gasteiger partial charge in [-0.2, -0.15) is 0 Å². The highest BCUT2D eigenvalue weighted by Gasteiger charge is 2.36. The highest BCUT2D eigenvalue weighted by Crippen LogP contribution is 2.32. The minimum atomic E-state index is -1.67. The van der Waals surface area contributed by atoms with E-state index in [0.717, 1.165) is 12.1 Å². The molecular weight excluding hydrogens is 369 g/mol. The molecule has 0 spiro atoms. The number of rotatable bonds is 3. The second-order valence-electron chi connectivity index (χ2n) is 6.00. The molecule has 3 rings (SSSR count). The maximum atomic E-state index is 13.7. The van der Waals surface area contributed by atoms with Crippen LogP contribution in [0.1, 0.15) is 12.0 Å². The van der Waals surface area contributed by atoms with Crippen LogP contribution in [0.5, 0.6) is 0 Å². The van der Waals surface area contributed by atoms with Crippen LogP contribution < -0.4 is 10.2 Å². The molecule has 1 unspecified atom stereocenters. The predicted molar refractivity (Wildman–Crippen MR) is 91.6 cm³/mol. The fourth-order valence-electron chi connectivity index (χ4n) is 2.86. The summed E-state index contributed by atoms with van der Waals surface area (Å²) in [5.41, 5.74) is 0.825. The fourth-order valence-corrected chi connectivity index (χ4v) is 3.03. The van der Waals surface area contributed by atoms with Gasteiger partial charge in [-0.15, -0.1) is 0 Å². The highest BCUT2D eigenvalue weighted by atomic mass is 35.5. The Bertz CT molecular complexity index is 904. The van der Waals surface area contributed by atoms with E-state index in [1.54, 1.807) is 25.1 Å². The van der Waals surface area contributed by atoms with Gasteiger partial charge in [0.05, 0.1) is 11.6 Å². The Kier molecular flexibility index (Phi) is 4.91. The number of halogens is 4. The van der Waals surface area contributed by atoms with E-state index in [1.807, 2.05) is 0 Å². The van der Waals surface area contributed by atoms with E-state index in [2.05, 4.69) is 5.32 Å². The predicted octanol–water partition coefficient (Wildman–Crippen LogP) is 4.06. The molecule has 4 nitrogen and oxygen atoms in total. The van der Waals surface area contributed by atoms with Gasteiger partial charge in [0.2, 0.25) is 11.8 Å². The van der Waals surface area contributed by atoms with Gasteiger partial charge in [-0.3, -0.25) is 9.59 Å². The number of carbonyl (C=O) groups excluding carboxylic acids is 2. The van der Waals surface area contributed by atoms with E-state index in [-0.39, 0.29) is 18.9 Å². The summed E-state index contributed by atoms with van der Waals surface area (Å²) < 4.78 is 39.9. The number of anilines is 2. The van der Waals surface area contributed by atoms with Crippen LogP contribution in [0.25, 0.3) is 0 Å². The van der Waals surface area contributed by atoms with E-state index in [4.69, 9.17) is 11.6 Å². The van der Waals surface area contributed by atoms with Crippen LogP contribution in [-0.2, 0) is 9.59 Å². The summed E-state index contributed by atoms with van der Waals surface area (Å²) in [4.78, 5) is 26.1. The first-order chi connectivity index (χ1) is 12.3. The van der Waals surface area contributed by atoms with Crippen LogP contribution in [0.4, 0.5) is 24.5 Å². The van der Waals surface area contributed by atoms with Crippen molar-refractivity contribution in [1.82, 2.24) is 0 Å². The topological polar surface area (TPSA) is 49.4 Å². The lowest BCUT2D eigenvalue weighted by Crippen LogP contribution is -2.28. The van der Waals surface area contributed by atoms with Crippen molar-refractivity contribution in [2.75, 3.05) is 16.8 Å². The highest BCUT2D eigenvalue weighted by molar-refractivity contribution is 6.31. The average Bonchev–Trinajstić information content (AvgIpc) is 2.99. The van der Waals surface area contributed by atoms with Crippen molar-refractivity contribution in [3.8, 4) is 0 Å². The van der Waals surface area contributed by atoms with Gasteiger partial charge in [-0.25, -0.2) is 13.2 Å². The van der Waals surface area contributed by atoms with Crippen molar-refractivity contribution in [1.29, 1.82) is 0 Å². The third kappa shape index (κ3) is 3.26. The van der Waals surface area contributed by atoms with Crippen molar-refractivity contribution in [2.45, 2.75) is 13.3 Å². The van der Waals surface area contributed by atoms with Gasteiger partial charge in [0.15, 0.2) is 17.5 Å². The monoisotopic (exact) mass is 382 g/mol. The molecule has 1 N–H and O–H groups in total. The molecule has 0 radical (unpaired) electrons. The number of hydrogen-bond acceptors (Lipinski definition) is 2. The molecule has 1 heterocycles. The van der Waals surface area contributed by atoms with Gasteiger partial charge < -0.3 is 10.2 Å². The van der Waals surface area contributed by atoms with Crippen LogP contribution >= 0.6 is 11.6 Å². The zero-order chi connectivity index (χ0) is 19.0. The van der Waals surface area contributed by atoms with Crippen molar-refractivity contribution >= 4 is 34.8 Å². The summed E-state index contributed by atoms with van der Waals surface area (Å²) in [6, 6.07) is 6.75. The molecule has 0 saturated carbocycles. The molecule has 0 aliphatic carbocycles. The Morgan fingerprint density at radius 3 is 2.65 bits per heavy atom. The summed E-state index contributed by atoms with van der Waals surface area (Å²) in [6.45, 7) is 1.84. The molecule has 1 aliphatic heterocycles. The van der Waals surface area contributed by atoms with E-state index < -0.39 is 35.0 Å². The number of amides is 2. The van der Waals surface area contributed by atoms with Crippen LogP contribution in [0.2, 0.25) is 5.02 Å². The van der Waals surface area contributed by atoms with E-state index in [9.17, 15) is 22.8 Å². The molecule has 1 fully saturated rings. The minimum absolute atomic E-state index is 0.0803. The zero-order valence-corrected chi connectivity index (χ0v) is 14.4. The lowest BCUT2D eigenvalue weighted by molar-refractivity contribution is -0.122. The van der Waals surface area contributed by atoms with Crippen molar-refractivity contribution in [2.24, 2.45) is 5.92 Å². The third-order valence-electron chi connectivity index (χ3n) is 4.32. The first-order valence-corrected chi connectivity index (χ1v) is 8.17. The van der Waals surface area contributed by atoms with Crippen molar-refractivity contribution in [3.63, 3.8) is 0 Å². The number of nitrogens with one attached hydrogen (secondary N) is 1. The number of hydrogen-bond donors (Lipinski definition) is 1. The van der Waals surface area contributed by atoms with E-state index >= 15 is 0 Å².